The minimum atomic E-state index is -0.252. The molecule has 7 heteroatoms. The Bertz CT molecular complexity index is 849. The molecule has 0 unspecified atom stereocenters. The van der Waals surface area contributed by atoms with Gasteiger partial charge in [-0.25, -0.2) is 4.98 Å². The van der Waals surface area contributed by atoms with Crippen LogP contribution >= 0.6 is 11.3 Å². The van der Waals surface area contributed by atoms with E-state index in [4.69, 9.17) is 15.2 Å². The van der Waals surface area contributed by atoms with Gasteiger partial charge in [-0.3, -0.25) is 4.79 Å². The van der Waals surface area contributed by atoms with E-state index in [1.807, 2.05) is 31.2 Å². The summed E-state index contributed by atoms with van der Waals surface area (Å²) in [6.45, 7) is 2.32. The Morgan fingerprint density at radius 2 is 2.04 bits per heavy atom. The number of nitrogens with zero attached hydrogens (tertiary/aromatic N) is 1. The number of carbonyl (C=O) groups excluding carboxylic acids is 1. The summed E-state index contributed by atoms with van der Waals surface area (Å²) in [5.74, 6) is 0.994. The van der Waals surface area contributed by atoms with Crippen molar-refractivity contribution >= 4 is 38.3 Å². The van der Waals surface area contributed by atoms with Crippen molar-refractivity contribution in [3.8, 4) is 11.5 Å². The Balaban J connectivity index is 1.73. The number of hydrogen-bond acceptors (Lipinski definition) is 6. The fourth-order valence-electron chi connectivity index (χ4n) is 2.22. The van der Waals surface area contributed by atoms with Gasteiger partial charge in [-0.05, 0) is 25.1 Å². The summed E-state index contributed by atoms with van der Waals surface area (Å²) in [6, 6.07) is 12.8. The summed E-state index contributed by atoms with van der Waals surface area (Å²) in [7, 11) is 0. The lowest BCUT2D eigenvalue weighted by Crippen LogP contribution is -2.20. The number of para-hydroxylation sites is 1. The van der Waals surface area contributed by atoms with Crippen LogP contribution in [0.5, 0.6) is 11.5 Å². The van der Waals surface area contributed by atoms with Crippen molar-refractivity contribution < 1.29 is 14.3 Å². The molecule has 6 nitrogen and oxygen atoms in total. The molecule has 1 heterocycles. The third-order valence-electron chi connectivity index (χ3n) is 3.17. The van der Waals surface area contributed by atoms with Gasteiger partial charge >= 0.3 is 0 Å². The van der Waals surface area contributed by atoms with Crippen molar-refractivity contribution in [1.82, 2.24) is 4.98 Å². The molecule has 2 aromatic carbocycles. The van der Waals surface area contributed by atoms with Gasteiger partial charge in [-0.15, -0.1) is 0 Å². The summed E-state index contributed by atoms with van der Waals surface area (Å²) in [5, 5.41) is 3.27. The third-order valence-corrected chi connectivity index (χ3v) is 4.00. The molecule has 0 saturated heterocycles. The number of nitrogens with one attached hydrogen (secondary N) is 1. The largest absolute Gasteiger partial charge is 0.491 e. The number of aromatic nitrogens is 1. The molecule has 0 bridgehead atoms. The van der Waals surface area contributed by atoms with Gasteiger partial charge in [0.15, 0.2) is 11.7 Å². The SMILES string of the molecule is CCOc1cc(NC(=O)COc2ccccc2)cc2sc(N)nc12. The first-order valence-electron chi connectivity index (χ1n) is 7.46. The molecule has 3 rings (SSSR count). The van der Waals surface area contributed by atoms with Gasteiger partial charge in [-0.1, -0.05) is 29.5 Å². The molecule has 0 radical (unpaired) electrons. The zero-order valence-electron chi connectivity index (χ0n) is 13.1. The molecule has 0 aliphatic carbocycles. The Morgan fingerprint density at radius 3 is 2.79 bits per heavy atom. The zero-order valence-corrected chi connectivity index (χ0v) is 13.9. The quantitative estimate of drug-likeness (QED) is 0.717. The van der Waals surface area contributed by atoms with Crippen LogP contribution < -0.4 is 20.5 Å². The number of fused-ring (bicyclic) bond motifs is 1. The number of amides is 1. The molecule has 124 valence electrons. The molecule has 0 fully saturated rings. The molecule has 24 heavy (non-hydrogen) atoms. The highest BCUT2D eigenvalue weighted by molar-refractivity contribution is 7.22. The van der Waals surface area contributed by atoms with Gasteiger partial charge in [0, 0.05) is 11.8 Å². The van der Waals surface area contributed by atoms with E-state index in [-0.39, 0.29) is 12.5 Å². The molecule has 1 aromatic heterocycles. The predicted octanol–water partition coefficient (Wildman–Crippen LogP) is 3.29. The minimum Gasteiger partial charge on any atom is -0.491 e. The maximum atomic E-state index is 12.1. The number of nitrogen functional groups attached to an aromatic ring is 1. The van der Waals surface area contributed by atoms with E-state index < -0.39 is 0 Å². The molecular weight excluding hydrogens is 326 g/mol. The highest BCUT2D eigenvalue weighted by atomic mass is 32.1. The number of nitrogens with two attached hydrogens (primary N) is 1. The van der Waals surface area contributed by atoms with Gasteiger partial charge in [0.2, 0.25) is 0 Å². The first-order valence-corrected chi connectivity index (χ1v) is 8.28. The standard InChI is InChI=1S/C17H17N3O3S/c1-2-22-13-8-11(9-14-16(13)20-17(18)24-14)19-15(21)10-23-12-6-4-3-5-7-12/h3-9H,2,10H2,1H3,(H2,18,20)(H,19,21). The van der Waals surface area contributed by atoms with Crippen molar-refractivity contribution in [1.29, 1.82) is 0 Å². The molecule has 0 aliphatic heterocycles. The van der Waals surface area contributed by atoms with Crippen LogP contribution in [-0.4, -0.2) is 24.1 Å². The Morgan fingerprint density at radius 1 is 1.25 bits per heavy atom. The van der Waals surface area contributed by atoms with Crippen molar-refractivity contribution in [3.63, 3.8) is 0 Å². The van der Waals surface area contributed by atoms with Crippen molar-refractivity contribution in [2.24, 2.45) is 0 Å². The minimum absolute atomic E-state index is 0.0726. The second kappa shape index (κ2) is 7.18. The molecular formula is C17H17N3O3S. The van der Waals surface area contributed by atoms with Crippen LogP contribution in [0.2, 0.25) is 0 Å². The number of hydrogen-bond donors (Lipinski definition) is 2. The molecule has 3 aromatic rings. The van der Waals surface area contributed by atoms with Gasteiger partial charge in [0.25, 0.3) is 5.91 Å². The monoisotopic (exact) mass is 343 g/mol. The lowest BCUT2D eigenvalue weighted by molar-refractivity contribution is -0.118. The van der Waals surface area contributed by atoms with E-state index in [0.717, 1.165) is 4.70 Å². The summed E-state index contributed by atoms with van der Waals surface area (Å²) in [4.78, 5) is 16.3. The maximum absolute atomic E-state index is 12.1. The van der Waals surface area contributed by atoms with Crippen molar-refractivity contribution in [2.45, 2.75) is 6.92 Å². The van der Waals surface area contributed by atoms with E-state index in [2.05, 4.69) is 10.3 Å². The van der Waals surface area contributed by atoms with Crippen molar-refractivity contribution in [2.75, 3.05) is 24.3 Å². The van der Waals surface area contributed by atoms with E-state index in [0.29, 0.717) is 34.4 Å². The molecule has 1 amide bonds. The van der Waals surface area contributed by atoms with Crippen LogP contribution in [0, 0.1) is 0 Å². The van der Waals surface area contributed by atoms with Gasteiger partial charge in [0.05, 0.1) is 11.3 Å². The average molecular weight is 343 g/mol. The van der Waals surface area contributed by atoms with Crippen molar-refractivity contribution in [3.05, 3.63) is 42.5 Å². The van der Waals surface area contributed by atoms with E-state index >= 15 is 0 Å². The molecule has 0 saturated carbocycles. The van der Waals surface area contributed by atoms with E-state index in [9.17, 15) is 4.79 Å². The number of benzene rings is 2. The Kier molecular flexibility index (Phi) is 4.81. The number of rotatable bonds is 6. The highest BCUT2D eigenvalue weighted by Gasteiger charge is 2.12. The van der Waals surface area contributed by atoms with Crippen LogP contribution in [0.15, 0.2) is 42.5 Å². The Labute approximate surface area is 143 Å². The van der Waals surface area contributed by atoms with E-state index in [1.165, 1.54) is 11.3 Å². The molecule has 0 atom stereocenters. The first-order chi connectivity index (χ1) is 11.7. The number of anilines is 2. The predicted molar refractivity (Wildman–Crippen MR) is 95.8 cm³/mol. The fraction of sp³-hybridized carbons (Fsp3) is 0.176. The summed E-state index contributed by atoms with van der Waals surface area (Å²) < 4.78 is 11.9. The highest BCUT2D eigenvalue weighted by Crippen LogP contribution is 2.34. The third kappa shape index (κ3) is 3.75. The van der Waals surface area contributed by atoms with Crippen LogP contribution in [0.3, 0.4) is 0 Å². The topological polar surface area (TPSA) is 86.5 Å². The summed E-state index contributed by atoms with van der Waals surface area (Å²) >= 11 is 1.35. The van der Waals surface area contributed by atoms with Gasteiger partial charge < -0.3 is 20.5 Å². The second-order valence-electron chi connectivity index (χ2n) is 4.96. The maximum Gasteiger partial charge on any atom is 0.262 e. The second-order valence-corrected chi connectivity index (χ2v) is 6.02. The Hall–Kier alpha value is -2.80. The molecule has 0 aliphatic rings. The number of thiazole rings is 1. The van der Waals surface area contributed by atoms with Crippen LogP contribution in [0.25, 0.3) is 10.2 Å². The summed E-state index contributed by atoms with van der Waals surface area (Å²) in [6.07, 6.45) is 0. The van der Waals surface area contributed by atoms with Crippen LogP contribution in [-0.2, 0) is 4.79 Å². The number of carbonyl (C=O) groups is 1. The lowest BCUT2D eigenvalue weighted by atomic mass is 10.2. The zero-order chi connectivity index (χ0) is 16.9. The lowest BCUT2D eigenvalue weighted by Gasteiger charge is -2.10. The normalized spacial score (nSPS) is 10.5. The van der Waals surface area contributed by atoms with Crippen LogP contribution in [0.4, 0.5) is 10.8 Å². The number of ether oxygens (including phenoxy) is 2. The first kappa shape index (κ1) is 16.1. The van der Waals surface area contributed by atoms with Gasteiger partial charge in [0.1, 0.15) is 17.0 Å². The van der Waals surface area contributed by atoms with Gasteiger partial charge in [-0.2, -0.15) is 0 Å². The molecule has 3 N–H and O–H groups in total. The smallest absolute Gasteiger partial charge is 0.262 e. The average Bonchev–Trinajstić information content (AvgIpc) is 2.95. The molecule has 0 spiro atoms. The fourth-order valence-corrected chi connectivity index (χ4v) is 3.01. The van der Waals surface area contributed by atoms with Crippen LogP contribution in [0.1, 0.15) is 6.92 Å². The summed E-state index contributed by atoms with van der Waals surface area (Å²) in [5.41, 5.74) is 7.09. The van der Waals surface area contributed by atoms with E-state index in [1.54, 1.807) is 18.2 Å².